The molecule has 0 atom stereocenters. The van der Waals surface area contributed by atoms with Gasteiger partial charge in [-0.05, 0) is 29.5 Å². The molecule has 1 heterocycles. The Kier molecular flexibility index (Phi) is 3.34. The van der Waals surface area contributed by atoms with Gasteiger partial charge in [-0.15, -0.1) is 0 Å². The zero-order valence-electron chi connectivity index (χ0n) is 9.67. The zero-order valence-corrected chi connectivity index (χ0v) is 10.5. The van der Waals surface area contributed by atoms with Crippen molar-refractivity contribution in [1.82, 2.24) is 15.0 Å². The van der Waals surface area contributed by atoms with Crippen LogP contribution in [0.25, 0.3) is 11.0 Å². The van der Waals surface area contributed by atoms with Crippen molar-refractivity contribution >= 4 is 32.4 Å². The third kappa shape index (κ3) is 2.51. The van der Waals surface area contributed by atoms with Gasteiger partial charge in [0.25, 0.3) is 0 Å². The van der Waals surface area contributed by atoms with Gasteiger partial charge in [-0.2, -0.15) is 0 Å². The first-order valence-electron chi connectivity index (χ1n) is 5.19. The predicted octanol–water partition coefficient (Wildman–Crippen LogP) is -0.234. The van der Waals surface area contributed by atoms with E-state index in [1.165, 1.54) is 7.05 Å². The van der Waals surface area contributed by atoms with Crippen LogP contribution in [0.3, 0.4) is 0 Å². The fraction of sp³-hybridized carbons (Fsp3) is 0.333. The van der Waals surface area contributed by atoms with Gasteiger partial charge in [0, 0.05) is 6.54 Å². The minimum atomic E-state index is -3.23. The second-order valence-corrected chi connectivity index (χ2v) is 5.66. The van der Waals surface area contributed by atoms with Crippen LogP contribution in [-0.2, 0) is 10.0 Å². The number of nitrogens with two attached hydrogens (primary N) is 1. The molecular formula is C9H13N5O3S. The molecule has 0 spiro atoms. The minimum absolute atomic E-state index is 0.0410. The van der Waals surface area contributed by atoms with E-state index in [0.717, 1.165) is 0 Å². The normalized spacial score (nSPS) is 11.8. The van der Waals surface area contributed by atoms with Gasteiger partial charge in [0.15, 0.2) is 11.0 Å². The summed E-state index contributed by atoms with van der Waals surface area (Å²) >= 11 is 0. The van der Waals surface area contributed by atoms with Gasteiger partial charge in [0.05, 0.1) is 17.1 Å². The van der Waals surface area contributed by atoms with Crippen LogP contribution in [0, 0.1) is 0 Å². The quantitative estimate of drug-likeness (QED) is 0.641. The molecule has 98 valence electrons. The molecule has 9 heteroatoms. The Morgan fingerprint density at radius 3 is 2.78 bits per heavy atom. The maximum atomic E-state index is 11.2. The average Bonchev–Trinajstić information content (AvgIpc) is 2.82. The lowest BCUT2D eigenvalue weighted by Gasteiger charge is -2.07. The fourth-order valence-corrected chi connectivity index (χ4v) is 2.03. The second kappa shape index (κ2) is 4.78. The van der Waals surface area contributed by atoms with E-state index in [4.69, 9.17) is 5.73 Å². The molecule has 4 N–H and O–H groups in total. The molecule has 0 bridgehead atoms. The lowest BCUT2D eigenvalue weighted by Crippen LogP contribution is -2.26. The predicted molar refractivity (Wildman–Crippen MR) is 67.6 cm³/mol. The molecule has 1 aromatic carbocycles. The van der Waals surface area contributed by atoms with Crippen LogP contribution in [0.4, 0.5) is 11.4 Å². The van der Waals surface area contributed by atoms with Crippen LogP contribution in [0.2, 0.25) is 0 Å². The van der Waals surface area contributed by atoms with E-state index in [2.05, 4.69) is 25.0 Å². The highest BCUT2D eigenvalue weighted by Gasteiger charge is 2.11. The van der Waals surface area contributed by atoms with E-state index in [1.54, 1.807) is 12.1 Å². The maximum Gasteiger partial charge on any atom is 0.213 e. The van der Waals surface area contributed by atoms with Gasteiger partial charge >= 0.3 is 0 Å². The van der Waals surface area contributed by atoms with E-state index >= 15 is 0 Å². The number of aromatic nitrogens is 2. The van der Waals surface area contributed by atoms with Gasteiger partial charge in [0.2, 0.25) is 10.0 Å². The van der Waals surface area contributed by atoms with E-state index in [1.807, 2.05) is 0 Å². The van der Waals surface area contributed by atoms with Gasteiger partial charge in [-0.3, -0.25) is 0 Å². The number of nitrogens with zero attached hydrogens (tertiary/aromatic N) is 2. The molecule has 0 aliphatic rings. The van der Waals surface area contributed by atoms with Crippen molar-refractivity contribution in [2.24, 2.45) is 0 Å². The molecule has 0 fully saturated rings. The number of benzene rings is 1. The van der Waals surface area contributed by atoms with Crippen molar-refractivity contribution in [2.75, 3.05) is 30.4 Å². The summed E-state index contributed by atoms with van der Waals surface area (Å²) in [6.07, 6.45) is 0. The molecule has 0 saturated heterocycles. The first-order chi connectivity index (χ1) is 8.53. The molecule has 8 nitrogen and oxygen atoms in total. The number of anilines is 2. The Balaban J connectivity index is 2.13. The summed E-state index contributed by atoms with van der Waals surface area (Å²) in [5.74, 6) is -0.0410. The smallest absolute Gasteiger partial charge is 0.213 e. The van der Waals surface area contributed by atoms with Gasteiger partial charge < -0.3 is 11.1 Å². The summed E-state index contributed by atoms with van der Waals surface area (Å²) in [4.78, 5) is 0. The Hall–Kier alpha value is -1.87. The SMILES string of the molecule is CNS(=O)(=O)CCNc1ccc(N)c2nonc12. The summed E-state index contributed by atoms with van der Waals surface area (Å²) in [7, 11) is -1.86. The zero-order chi connectivity index (χ0) is 13.2. The third-order valence-electron chi connectivity index (χ3n) is 2.44. The topological polar surface area (TPSA) is 123 Å². The van der Waals surface area contributed by atoms with Crippen LogP contribution in [0.15, 0.2) is 16.8 Å². The van der Waals surface area contributed by atoms with Crippen LogP contribution < -0.4 is 15.8 Å². The molecule has 0 amide bonds. The van der Waals surface area contributed by atoms with Crippen LogP contribution in [-0.4, -0.2) is 38.1 Å². The summed E-state index contributed by atoms with van der Waals surface area (Å²) in [5, 5.41) is 10.3. The van der Waals surface area contributed by atoms with Crippen molar-refractivity contribution in [2.45, 2.75) is 0 Å². The number of nitrogen functional groups attached to an aromatic ring is 1. The Morgan fingerprint density at radius 1 is 1.33 bits per heavy atom. The molecule has 0 radical (unpaired) electrons. The second-order valence-electron chi connectivity index (χ2n) is 3.61. The lowest BCUT2D eigenvalue weighted by atomic mass is 10.2. The van der Waals surface area contributed by atoms with Crippen molar-refractivity contribution in [3.63, 3.8) is 0 Å². The van der Waals surface area contributed by atoms with Crippen LogP contribution >= 0.6 is 0 Å². The highest BCUT2D eigenvalue weighted by atomic mass is 32.2. The lowest BCUT2D eigenvalue weighted by molar-refractivity contribution is 0.316. The van der Waals surface area contributed by atoms with E-state index in [-0.39, 0.29) is 12.3 Å². The molecule has 1 aromatic heterocycles. The summed E-state index contributed by atoms with van der Waals surface area (Å²) in [6.45, 7) is 0.245. The van der Waals surface area contributed by atoms with Crippen molar-refractivity contribution < 1.29 is 13.0 Å². The van der Waals surface area contributed by atoms with E-state index in [9.17, 15) is 8.42 Å². The number of fused-ring (bicyclic) bond motifs is 1. The number of sulfonamides is 1. The van der Waals surface area contributed by atoms with Crippen LogP contribution in [0.1, 0.15) is 0 Å². The summed E-state index contributed by atoms with van der Waals surface area (Å²) in [5.41, 5.74) is 7.72. The van der Waals surface area contributed by atoms with Gasteiger partial charge in [0.1, 0.15) is 0 Å². The van der Waals surface area contributed by atoms with Gasteiger partial charge in [-0.25, -0.2) is 17.8 Å². The molecule has 0 aliphatic carbocycles. The largest absolute Gasteiger partial charge is 0.397 e. The van der Waals surface area contributed by atoms with E-state index < -0.39 is 10.0 Å². The molecule has 2 rings (SSSR count). The van der Waals surface area contributed by atoms with Gasteiger partial charge in [-0.1, -0.05) is 0 Å². The third-order valence-corrected chi connectivity index (χ3v) is 3.81. The molecule has 0 unspecified atom stereocenters. The maximum absolute atomic E-state index is 11.2. The number of nitrogens with one attached hydrogen (secondary N) is 2. The molecular weight excluding hydrogens is 258 g/mol. The monoisotopic (exact) mass is 271 g/mol. The fourth-order valence-electron chi connectivity index (χ4n) is 1.45. The number of hydrogen-bond acceptors (Lipinski definition) is 7. The Labute approximate surface area is 104 Å². The average molecular weight is 271 g/mol. The van der Waals surface area contributed by atoms with Crippen LogP contribution in [0.5, 0.6) is 0 Å². The number of rotatable bonds is 5. The summed E-state index contributed by atoms with van der Waals surface area (Å²) in [6, 6.07) is 3.36. The van der Waals surface area contributed by atoms with Crippen molar-refractivity contribution in [3.8, 4) is 0 Å². The Morgan fingerprint density at radius 2 is 2.06 bits per heavy atom. The van der Waals surface area contributed by atoms with Crippen molar-refractivity contribution in [1.29, 1.82) is 0 Å². The van der Waals surface area contributed by atoms with E-state index in [0.29, 0.717) is 22.4 Å². The number of hydrogen-bond donors (Lipinski definition) is 3. The summed E-state index contributed by atoms with van der Waals surface area (Å²) < 4.78 is 29.3. The highest BCUT2D eigenvalue weighted by Crippen LogP contribution is 2.24. The molecule has 0 aliphatic heterocycles. The highest BCUT2D eigenvalue weighted by molar-refractivity contribution is 7.89. The van der Waals surface area contributed by atoms with Crippen molar-refractivity contribution in [3.05, 3.63) is 12.1 Å². The molecule has 18 heavy (non-hydrogen) atoms. The molecule has 2 aromatic rings. The Bertz CT molecular complexity index is 651. The molecule has 0 saturated carbocycles. The standard InChI is InChI=1S/C9H13N5O3S/c1-11-18(15,16)5-4-12-7-3-2-6(10)8-9(7)14-17-13-8/h2-3,11-12H,4-5,10H2,1H3. The minimum Gasteiger partial charge on any atom is -0.397 e. The first-order valence-corrected chi connectivity index (χ1v) is 6.84. The first kappa shape index (κ1) is 12.6.